The Labute approximate surface area is 80.0 Å². The zero-order valence-electron chi connectivity index (χ0n) is 7.41. The third-order valence-electron chi connectivity index (χ3n) is 2.55. The highest BCUT2D eigenvalue weighted by Gasteiger charge is 2.58. The first-order valence-corrected chi connectivity index (χ1v) is 4.34. The van der Waals surface area contributed by atoms with Gasteiger partial charge in [0.25, 0.3) is 5.92 Å². The highest BCUT2D eigenvalue weighted by atomic mass is 19.3. The molecule has 4 heteroatoms. The fourth-order valence-corrected chi connectivity index (χ4v) is 1.85. The molecule has 0 atom stereocenters. The maximum Gasteiger partial charge on any atom is 0.250 e. The minimum Gasteiger partial charge on any atom is -0.302 e. The van der Waals surface area contributed by atoms with E-state index in [1.807, 2.05) is 0 Å². The average Bonchev–Trinajstić information content (AvgIpc) is 2.15. The monoisotopic (exact) mass is 197 g/mol. The van der Waals surface area contributed by atoms with Crippen molar-refractivity contribution in [3.63, 3.8) is 0 Å². The number of aldehydes is 1. The van der Waals surface area contributed by atoms with Crippen LogP contribution in [0.4, 0.5) is 8.78 Å². The molecule has 0 N–H and O–H groups in total. The van der Waals surface area contributed by atoms with Crippen LogP contribution in [0.15, 0.2) is 24.4 Å². The number of hydrogen-bond donors (Lipinski definition) is 0. The minimum atomic E-state index is -2.71. The Morgan fingerprint density at radius 1 is 1.36 bits per heavy atom. The number of hydrogen-bond acceptors (Lipinski definition) is 2. The van der Waals surface area contributed by atoms with E-state index in [2.05, 4.69) is 4.98 Å². The molecule has 1 aromatic rings. The van der Waals surface area contributed by atoms with Gasteiger partial charge >= 0.3 is 0 Å². The van der Waals surface area contributed by atoms with Crippen LogP contribution in [-0.4, -0.2) is 17.2 Å². The van der Waals surface area contributed by atoms with E-state index < -0.39 is 24.2 Å². The van der Waals surface area contributed by atoms with Crippen LogP contribution in [0.3, 0.4) is 0 Å². The lowest BCUT2D eigenvalue weighted by Gasteiger charge is -2.42. The van der Waals surface area contributed by atoms with Gasteiger partial charge in [0.15, 0.2) is 0 Å². The first-order valence-electron chi connectivity index (χ1n) is 4.34. The second kappa shape index (κ2) is 2.83. The molecule has 1 aliphatic rings. The van der Waals surface area contributed by atoms with E-state index in [9.17, 15) is 13.6 Å². The summed E-state index contributed by atoms with van der Waals surface area (Å²) in [6, 6.07) is 5.01. The molecular formula is C10H9F2NO. The second-order valence-electron chi connectivity index (χ2n) is 3.70. The van der Waals surface area contributed by atoms with Crippen molar-refractivity contribution >= 4 is 6.29 Å². The lowest BCUT2D eigenvalue weighted by molar-refractivity contribution is -0.146. The van der Waals surface area contributed by atoms with Gasteiger partial charge in [0.1, 0.15) is 6.29 Å². The van der Waals surface area contributed by atoms with Gasteiger partial charge in [-0.1, -0.05) is 6.07 Å². The van der Waals surface area contributed by atoms with Crippen LogP contribution in [0.2, 0.25) is 0 Å². The van der Waals surface area contributed by atoms with Gasteiger partial charge in [0.05, 0.1) is 11.1 Å². The number of aromatic nitrogens is 1. The first-order chi connectivity index (χ1) is 6.58. The van der Waals surface area contributed by atoms with Crippen LogP contribution < -0.4 is 0 Å². The van der Waals surface area contributed by atoms with Crippen LogP contribution in [-0.2, 0) is 10.2 Å². The Hall–Kier alpha value is -1.32. The molecule has 1 aromatic heterocycles. The van der Waals surface area contributed by atoms with E-state index in [1.54, 1.807) is 18.2 Å². The summed E-state index contributed by atoms with van der Waals surface area (Å²) >= 11 is 0. The number of rotatable bonds is 2. The maximum atomic E-state index is 12.7. The Morgan fingerprint density at radius 3 is 2.50 bits per heavy atom. The SMILES string of the molecule is O=CC1(c2ccccn2)CC(F)(F)C1. The van der Waals surface area contributed by atoms with Gasteiger partial charge in [-0.2, -0.15) is 0 Å². The van der Waals surface area contributed by atoms with Crippen molar-refractivity contribution in [1.82, 2.24) is 4.98 Å². The summed E-state index contributed by atoms with van der Waals surface area (Å²) in [4.78, 5) is 14.8. The van der Waals surface area contributed by atoms with E-state index in [4.69, 9.17) is 0 Å². The molecule has 1 saturated carbocycles. The zero-order valence-corrected chi connectivity index (χ0v) is 7.41. The highest BCUT2D eigenvalue weighted by molar-refractivity contribution is 5.70. The number of alkyl halides is 2. The van der Waals surface area contributed by atoms with Crippen LogP contribution in [0.25, 0.3) is 0 Å². The number of nitrogens with zero attached hydrogens (tertiary/aromatic N) is 1. The fourth-order valence-electron chi connectivity index (χ4n) is 1.85. The molecule has 2 nitrogen and oxygen atoms in total. The summed E-state index contributed by atoms with van der Waals surface area (Å²) in [5, 5.41) is 0. The number of carbonyl (C=O) groups is 1. The quantitative estimate of drug-likeness (QED) is 0.678. The molecule has 0 spiro atoms. The molecule has 0 amide bonds. The summed E-state index contributed by atoms with van der Waals surface area (Å²) in [6.07, 6.45) is 1.27. The summed E-state index contributed by atoms with van der Waals surface area (Å²) in [6.45, 7) is 0. The molecule has 14 heavy (non-hydrogen) atoms. The molecule has 1 fully saturated rings. The second-order valence-corrected chi connectivity index (χ2v) is 3.70. The number of halogens is 2. The summed E-state index contributed by atoms with van der Waals surface area (Å²) in [7, 11) is 0. The standard InChI is InChI=1S/C10H9F2NO/c11-10(12)5-9(6-10,7-14)8-3-1-2-4-13-8/h1-4,7H,5-6H2. The Balaban J connectivity index is 2.29. The third-order valence-corrected chi connectivity index (χ3v) is 2.55. The van der Waals surface area contributed by atoms with Crippen LogP contribution in [0.1, 0.15) is 18.5 Å². The fraction of sp³-hybridized carbons (Fsp3) is 0.400. The van der Waals surface area contributed by atoms with E-state index in [0.717, 1.165) is 0 Å². The Morgan fingerprint density at radius 2 is 2.07 bits per heavy atom. The Kier molecular flexibility index (Phi) is 1.87. The lowest BCUT2D eigenvalue weighted by Crippen LogP contribution is -2.50. The third kappa shape index (κ3) is 1.31. The Bertz CT molecular complexity index is 342. The van der Waals surface area contributed by atoms with Gasteiger partial charge in [0.2, 0.25) is 0 Å². The lowest BCUT2D eigenvalue weighted by atomic mass is 9.65. The highest BCUT2D eigenvalue weighted by Crippen LogP contribution is 2.51. The van der Waals surface area contributed by atoms with Crippen molar-refractivity contribution in [2.24, 2.45) is 0 Å². The predicted molar refractivity (Wildman–Crippen MR) is 46.2 cm³/mol. The molecule has 2 rings (SSSR count). The molecule has 0 saturated heterocycles. The van der Waals surface area contributed by atoms with Crippen molar-refractivity contribution in [3.8, 4) is 0 Å². The number of carbonyl (C=O) groups excluding carboxylic acids is 1. The van der Waals surface area contributed by atoms with Crippen molar-refractivity contribution < 1.29 is 13.6 Å². The molecule has 0 unspecified atom stereocenters. The topological polar surface area (TPSA) is 30.0 Å². The van der Waals surface area contributed by atoms with Gasteiger partial charge < -0.3 is 4.79 Å². The zero-order chi connectivity index (χ0) is 10.2. The van der Waals surface area contributed by atoms with E-state index >= 15 is 0 Å². The normalized spacial score (nSPS) is 22.4. The number of pyridine rings is 1. The van der Waals surface area contributed by atoms with Crippen molar-refractivity contribution in [3.05, 3.63) is 30.1 Å². The van der Waals surface area contributed by atoms with E-state index in [-0.39, 0.29) is 0 Å². The molecule has 0 bridgehead atoms. The van der Waals surface area contributed by atoms with Crippen molar-refractivity contribution in [2.45, 2.75) is 24.2 Å². The van der Waals surface area contributed by atoms with Crippen LogP contribution >= 0.6 is 0 Å². The van der Waals surface area contributed by atoms with Crippen LogP contribution in [0.5, 0.6) is 0 Å². The molecule has 0 aliphatic heterocycles. The van der Waals surface area contributed by atoms with Gasteiger partial charge in [0, 0.05) is 19.0 Å². The molecule has 0 radical (unpaired) electrons. The van der Waals surface area contributed by atoms with Crippen molar-refractivity contribution in [2.75, 3.05) is 0 Å². The largest absolute Gasteiger partial charge is 0.302 e. The smallest absolute Gasteiger partial charge is 0.250 e. The summed E-state index contributed by atoms with van der Waals surface area (Å²) in [5.41, 5.74) is -0.606. The average molecular weight is 197 g/mol. The van der Waals surface area contributed by atoms with Crippen molar-refractivity contribution in [1.29, 1.82) is 0 Å². The predicted octanol–water partition coefficient (Wildman–Crippen LogP) is 1.95. The molecule has 1 heterocycles. The molecule has 1 aliphatic carbocycles. The van der Waals surface area contributed by atoms with Crippen LogP contribution in [0, 0.1) is 0 Å². The van der Waals surface area contributed by atoms with Gasteiger partial charge in [-0.15, -0.1) is 0 Å². The summed E-state index contributed by atoms with van der Waals surface area (Å²) in [5.74, 6) is -2.71. The van der Waals surface area contributed by atoms with E-state index in [0.29, 0.717) is 12.0 Å². The van der Waals surface area contributed by atoms with Gasteiger partial charge in [-0.25, -0.2) is 8.78 Å². The maximum absolute atomic E-state index is 12.7. The molecule has 74 valence electrons. The minimum absolute atomic E-state index is 0.416. The van der Waals surface area contributed by atoms with Gasteiger partial charge in [-0.3, -0.25) is 4.98 Å². The van der Waals surface area contributed by atoms with E-state index in [1.165, 1.54) is 6.20 Å². The molecular weight excluding hydrogens is 188 g/mol. The summed E-state index contributed by atoms with van der Waals surface area (Å²) < 4.78 is 25.4. The first kappa shape index (κ1) is 9.24. The molecule has 0 aromatic carbocycles. The van der Waals surface area contributed by atoms with Gasteiger partial charge in [-0.05, 0) is 12.1 Å².